The Bertz CT molecular complexity index is 1140. The summed E-state index contributed by atoms with van der Waals surface area (Å²) in [4.78, 5) is 20.4. The van der Waals surface area contributed by atoms with Crippen LogP contribution in [0.15, 0.2) is 72.9 Å². The number of hydrogen-bond donors (Lipinski definition) is 1. The summed E-state index contributed by atoms with van der Waals surface area (Å²) in [6, 6.07) is 20.9. The number of benzene rings is 2. The second-order valence-corrected chi connectivity index (χ2v) is 6.11. The molecule has 2 aromatic carbocycles. The molecule has 0 aliphatic carbocycles. The Hall–Kier alpha value is -3.53. The molecule has 0 atom stereocenters. The fourth-order valence-electron chi connectivity index (χ4n) is 3.15. The highest BCUT2D eigenvalue weighted by Crippen LogP contribution is 2.35. The molecular weight excluding hydrogens is 324 g/mol. The fraction of sp³-hybridized carbons (Fsp3) is 0.0455. The molecule has 2 heterocycles. The highest BCUT2D eigenvalue weighted by molar-refractivity contribution is 6.01. The number of fused-ring (bicyclic) bond motifs is 1. The van der Waals surface area contributed by atoms with Gasteiger partial charge in [-0.05, 0) is 54.4 Å². The first-order valence-electron chi connectivity index (χ1n) is 8.29. The van der Waals surface area contributed by atoms with Crippen LogP contribution in [0.3, 0.4) is 0 Å². The van der Waals surface area contributed by atoms with Crippen LogP contribution in [0.1, 0.15) is 16.1 Å². The smallest absolute Gasteiger partial charge is 0.335 e. The summed E-state index contributed by atoms with van der Waals surface area (Å²) in [5.41, 5.74) is 5.80. The summed E-state index contributed by atoms with van der Waals surface area (Å²) in [5, 5.41) is 10.2. The molecule has 0 spiro atoms. The Morgan fingerprint density at radius 1 is 0.885 bits per heavy atom. The van der Waals surface area contributed by atoms with Crippen molar-refractivity contribution in [1.82, 2.24) is 9.97 Å². The molecule has 0 saturated heterocycles. The van der Waals surface area contributed by atoms with Gasteiger partial charge in [0.15, 0.2) is 0 Å². The van der Waals surface area contributed by atoms with Crippen LogP contribution >= 0.6 is 0 Å². The van der Waals surface area contributed by atoms with Crippen LogP contribution in [-0.2, 0) is 0 Å². The molecule has 4 rings (SSSR count). The highest BCUT2D eigenvalue weighted by atomic mass is 16.4. The van der Waals surface area contributed by atoms with Gasteiger partial charge in [0.2, 0.25) is 0 Å². The lowest BCUT2D eigenvalue weighted by molar-refractivity contribution is 0.0697. The van der Waals surface area contributed by atoms with Crippen LogP contribution in [0, 0.1) is 6.92 Å². The maximum absolute atomic E-state index is 11.4. The topological polar surface area (TPSA) is 63.1 Å². The van der Waals surface area contributed by atoms with E-state index in [1.165, 1.54) is 0 Å². The standard InChI is InChI=1S/C22H16N2O2/c1-14-5-4-8-21(24-14)18-7-3-2-6-16(18)17-11-12-23-20-10-9-15(22(25)26)13-19(17)20/h2-13H,1H3,(H,25,26). The minimum atomic E-state index is -0.949. The summed E-state index contributed by atoms with van der Waals surface area (Å²) in [6.07, 6.45) is 1.75. The second-order valence-electron chi connectivity index (χ2n) is 6.11. The number of carboxylic acids is 1. The van der Waals surface area contributed by atoms with E-state index in [2.05, 4.69) is 9.97 Å². The van der Waals surface area contributed by atoms with E-state index in [9.17, 15) is 9.90 Å². The number of carbonyl (C=O) groups is 1. The average molecular weight is 340 g/mol. The maximum Gasteiger partial charge on any atom is 0.335 e. The van der Waals surface area contributed by atoms with Gasteiger partial charge >= 0.3 is 5.97 Å². The third-order valence-corrected chi connectivity index (χ3v) is 4.37. The number of carboxylic acid groups (broad SMARTS) is 1. The number of nitrogens with zero attached hydrogens (tertiary/aromatic N) is 2. The minimum Gasteiger partial charge on any atom is -0.478 e. The van der Waals surface area contributed by atoms with Gasteiger partial charge in [0, 0.05) is 22.8 Å². The molecule has 0 bridgehead atoms. The molecule has 1 N–H and O–H groups in total. The van der Waals surface area contributed by atoms with Crippen molar-refractivity contribution in [1.29, 1.82) is 0 Å². The van der Waals surface area contributed by atoms with E-state index in [0.29, 0.717) is 0 Å². The van der Waals surface area contributed by atoms with Gasteiger partial charge in [-0.2, -0.15) is 0 Å². The van der Waals surface area contributed by atoms with E-state index in [4.69, 9.17) is 0 Å². The molecule has 0 saturated carbocycles. The predicted molar refractivity (Wildman–Crippen MR) is 102 cm³/mol. The van der Waals surface area contributed by atoms with Gasteiger partial charge in [-0.25, -0.2) is 4.79 Å². The summed E-state index contributed by atoms with van der Waals surface area (Å²) < 4.78 is 0. The monoisotopic (exact) mass is 340 g/mol. The Morgan fingerprint density at radius 3 is 2.46 bits per heavy atom. The number of rotatable bonds is 3. The Balaban J connectivity index is 2.00. The first kappa shape index (κ1) is 16.0. The van der Waals surface area contributed by atoms with Crippen molar-refractivity contribution in [3.05, 3.63) is 84.2 Å². The lowest BCUT2D eigenvalue weighted by atomic mass is 9.94. The van der Waals surface area contributed by atoms with E-state index in [1.807, 2.05) is 55.5 Å². The van der Waals surface area contributed by atoms with Crippen molar-refractivity contribution >= 4 is 16.9 Å². The molecule has 0 aliphatic rings. The SMILES string of the molecule is Cc1cccc(-c2ccccc2-c2ccnc3ccc(C(=O)O)cc23)n1. The molecule has 0 radical (unpaired) electrons. The van der Waals surface area contributed by atoms with Gasteiger partial charge in [0.1, 0.15) is 0 Å². The van der Waals surface area contributed by atoms with Crippen molar-refractivity contribution < 1.29 is 9.90 Å². The van der Waals surface area contributed by atoms with Crippen LogP contribution in [0.4, 0.5) is 0 Å². The molecular formula is C22H16N2O2. The largest absolute Gasteiger partial charge is 0.478 e. The van der Waals surface area contributed by atoms with Gasteiger partial charge in [-0.15, -0.1) is 0 Å². The molecule has 4 heteroatoms. The van der Waals surface area contributed by atoms with Crippen LogP contribution in [0.5, 0.6) is 0 Å². The Labute approximate surface area is 150 Å². The number of aromatic nitrogens is 2. The predicted octanol–water partition coefficient (Wildman–Crippen LogP) is 4.97. The van der Waals surface area contributed by atoms with Crippen molar-refractivity contribution in [2.45, 2.75) is 6.92 Å². The molecule has 126 valence electrons. The van der Waals surface area contributed by atoms with Gasteiger partial charge in [-0.1, -0.05) is 30.3 Å². The number of aromatic carboxylic acids is 1. The van der Waals surface area contributed by atoms with Gasteiger partial charge in [-0.3, -0.25) is 9.97 Å². The zero-order valence-corrected chi connectivity index (χ0v) is 14.2. The van der Waals surface area contributed by atoms with Crippen LogP contribution in [-0.4, -0.2) is 21.0 Å². The lowest BCUT2D eigenvalue weighted by Gasteiger charge is -2.12. The van der Waals surface area contributed by atoms with Crippen molar-refractivity contribution in [3.8, 4) is 22.4 Å². The lowest BCUT2D eigenvalue weighted by Crippen LogP contribution is -1.97. The molecule has 0 fully saturated rings. The van der Waals surface area contributed by atoms with E-state index in [-0.39, 0.29) is 5.56 Å². The van der Waals surface area contributed by atoms with Crippen molar-refractivity contribution in [3.63, 3.8) is 0 Å². The zero-order valence-electron chi connectivity index (χ0n) is 14.2. The maximum atomic E-state index is 11.4. The number of aryl methyl sites for hydroxylation is 1. The normalized spacial score (nSPS) is 10.8. The summed E-state index contributed by atoms with van der Waals surface area (Å²) in [7, 11) is 0. The number of pyridine rings is 2. The third-order valence-electron chi connectivity index (χ3n) is 4.37. The van der Waals surface area contributed by atoms with Crippen molar-refractivity contribution in [2.75, 3.05) is 0 Å². The quantitative estimate of drug-likeness (QED) is 0.572. The molecule has 0 aliphatic heterocycles. The Kier molecular flexibility index (Phi) is 3.93. The minimum absolute atomic E-state index is 0.248. The van der Waals surface area contributed by atoms with Crippen LogP contribution in [0.2, 0.25) is 0 Å². The van der Waals surface area contributed by atoms with Gasteiger partial charge in [0.25, 0.3) is 0 Å². The molecule has 4 nitrogen and oxygen atoms in total. The van der Waals surface area contributed by atoms with Gasteiger partial charge in [0.05, 0.1) is 16.8 Å². The van der Waals surface area contributed by atoms with Crippen LogP contribution < -0.4 is 0 Å². The summed E-state index contributed by atoms with van der Waals surface area (Å²) in [5.74, 6) is -0.949. The molecule has 0 amide bonds. The van der Waals surface area contributed by atoms with E-state index < -0.39 is 5.97 Å². The van der Waals surface area contributed by atoms with Gasteiger partial charge < -0.3 is 5.11 Å². The molecule has 4 aromatic rings. The third kappa shape index (κ3) is 2.82. The second kappa shape index (κ2) is 6.41. The van der Waals surface area contributed by atoms with E-state index in [0.717, 1.165) is 39.0 Å². The molecule has 2 aromatic heterocycles. The molecule has 26 heavy (non-hydrogen) atoms. The summed E-state index contributed by atoms with van der Waals surface area (Å²) >= 11 is 0. The fourth-order valence-corrected chi connectivity index (χ4v) is 3.15. The Morgan fingerprint density at radius 2 is 1.69 bits per heavy atom. The summed E-state index contributed by atoms with van der Waals surface area (Å²) in [6.45, 7) is 1.97. The van der Waals surface area contributed by atoms with Crippen LogP contribution in [0.25, 0.3) is 33.3 Å². The van der Waals surface area contributed by atoms with E-state index >= 15 is 0 Å². The average Bonchev–Trinajstić information content (AvgIpc) is 2.67. The first-order valence-corrected chi connectivity index (χ1v) is 8.29. The molecule has 0 unspecified atom stereocenters. The highest BCUT2D eigenvalue weighted by Gasteiger charge is 2.13. The zero-order chi connectivity index (χ0) is 18.1. The number of hydrogen-bond acceptors (Lipinski definition) is 3. The van der Waals surface area contributed by atoms with E-state index in [1.54, 1.807) is 24.4 Å². The first-order chi connectivity index (χ1) is 12.6. The van der Waals surface area contributed by atoms with Crippen molar-refractivity contribution in [2.24, 2.45) is 0 Å².